The van der Waals surface area contributed by atoms with Crippen molar-refractivity contribution in [1.82, 2.24) is 4.90 Å². The lowest BCUT2D eigenvalue weighted by Crippen LogP contribution is -2.27. The molecule has 1 aliphatic heterocycles. The third-order valence-corrected chi connectivity index (χ3v) is 2.70. The van der Waals surface area contributed by atoms with Crippen LogP contribution in [0.1, 0.15) is 45.4 Å². The fraction of sp³-hybridized carbons (Fsp3) is 0.900. The van der Waals surface area contributed by atoms with Crippen LogP contribution in [0.2, 0.25) is 0 Å². The first kappa shape index (κ1) is 9.56. The second-order valence-corrected chi connectivity index (χ2v) is 3.64. The number of hydrogen-bond acceptors (Lipinski definition) is 1. The van der Waals surface area contributed by atoms with Crippen molar-refractivity contribution >= 4 is 6.41 Å². The second kappa shape index (κ2) is 5.18. The van der Waals surface area contributed by atoms with Crippen LogP contribution in [0.15, 0.2) is 0 Å². The zero-order valence-corrected chi connectivity index (χ0v) is 7.96. The molecule has 1 unspecified atom stereocenters. The zero-order valence-electron chi connectivity index (χ0n) is 7.96. The van der Waals surface area contributed by atoms with Crippen molar-refractivity contribution in [3.8, 4) is 0 Å². The van der Waals surface area contributed by atoms with Crippen molar-refractivity contribution in [3.05, 3.63) is 0 Å². The van der Waals surface area contributed by atoms with E-state index in [1.54, 1.807) is 0 Å². The molecule has 1 saturated heterocycles. The minimum atomic E-state index is 0.564. The Morgan fingerprint density at radius 1 is 1.50 bits per heavy atom. The molecule has 1 amide bonds. The molecular formula is C10H19NO. The zero-order chi connectivity index (χ0) is 8.81. The van der Waals surface area contributed by atoms with E-state index in [2.05, 4.69) is 6.92 Å². The molecular weight excluding hydrogens is 150 g/mol. The third-order valence-electron chi connectivity index (χ3n) is 2.70. The van der Waals surface area contributed by atoms with Gasteiger partial charge in [-0.1, -0.05) is 26.2 Å². The number of likely N-dealkylation sites (tertiary alicyclic amines) is 1. The Morgan fingerprint density at radius 2 is 2.33 bits per heavy atom. The molecule has 2 heteroatoms. The topological polar surface area (TPSA) is 20.3 Å². The molecule has 0 aromatic carbocycles. The summed E-state index contributed by atoms with van der Waals surface area (Å²) in [5.41, 5.74) is 0. The van der Waals surface area contributed by atoms with E-state index < -0.39 is 0 Å². The highest BCUT2D eigenvalue weighted by atomic mass is 16.1. The second-order valence-electron chi connectivity index (χ2n) is 3.64. The van der Waals surface area contributed by atoms with Gasteiger partial charge in [-0.05, 0) is 19.3 Å². The molecule has 0 radical (unpaired) electrons. The molecule has 12 heavy (non-hydrogen) atoms. The SMILES string of the molecule is CCCCCC1CCCN1C=O. The summed E-state index contributed by atoms with van der Waals surface area (Å²) < 4.78 is 0. The maximum atomic E-state index is 10.6. The number of hydrogen-bond donors (Lipinski definition) is 0. The van der Waals surface area contributed by atoms with Gasteiger partial charge in [0.1, 0.15) is 0 Å². The van der Waals surface area contributed by atoms with Gasteiger partial charge in [-0.2, -0.15) is 0 Å². The van der Waals surface area contributed by atoms with E-state index >= 15 is 0 Å². The number of amides is 1. The van der Waals surface area contributed by atoms with E-state index in [9.17, 15) is 4.79 Å². The van der Waals surface area contributed by atoms with Gasteiger partial charge in [0, 0.05) is 12.6 Å². The molecule has 0 aromatic heterocycles. The van der Waals surface area contributed by atoms with Crippen LogP contribution in [0.3, 0.4) is 0 Å². The fourth-order valence-electron chi connectivity index (χ4n) is 1.94. The summed E-state index contributed by atoms with van der Waals surface area (Å²) >= 11 is 0. The summed E-state index contributed by atoms with van der Waals surface area (Å²) in [6.45, 7) is 3.20. The van der Waals surface area contributed by atoms with Crippen molar-refractivity contribution in [3.63, 3.8) is 0 Å². The number of rotatable bonds is 5. The van der Waals surface area contributed by atoms with E-state index in [1.807, 2.05) is 4.90 Å². The van der Waals surface area contributed by atoms with Crippen LogP contribution in [-0.2, 0) is 4.79 Å². The average molecular weight is 169 g/mol. The summed E-state index contributed by atoms with van der Waals surface area (Å²) in [5.74, 6) is 0. The lowest BCUT2D eigenvalue weighted by molar-refractivity contribution is -0.118. The standard InChI is InChI=1S/C10H19NO/c1-2-3-4-6-10-7-5-8-11(10)9-12/h9-10H,2-8H2,1H3. The monoisotopic (exact) mass is 169 g/mol. The molecule has 0 aliphatic carbocycles. The van der Waals surface area contributed by atoms with Gasteiger partial charge in [-0.15, -0.1) is 0 Å². The summed E-state index contributed by atoms with van der Waals surface area (Å²) in [7, 11) is 0. The van der Waals surface area contributed by atoms with Gasteiger partial charge >= 0.3 is 0 Å². The molecule has 2 nitrogen and oxygen atoms in total. The quantitative estimate of drug-likeness (QED) is 0.456. The lowest BCUT2D eigenvalue weighted by atomic mass is 10.1. The lowest BCUT2D eigenvalue weighted by Gasteiger charge is -2.19. The van der Waals surface area contributed by atoms with Gasteiger partial charge in [0.05, 0.1) is 0 Å². The molecule has 0 aromatic rings. The number of unbranched alkanes of at least 4 members (excludes halogenated alkanes) is 2. The van der Waals surface area contributed by atoms with Crippen molar-refractivity contribution in [1.29, 1.82) is 0 Å². The van der Waals surface area contributed by atoms with Gasteiger partial charge in [-0.25, -0.2) is 0 Å². The molecule has 0 N–H and O–H groups in total. The van der Waals surface area contributed by atoms with Crippen LogP contribution in [0.25, 0.3) is 0 Å². The predicted octanol–water partition coefficient (Wildman–Crippen LogP) is 2.19. The smallest absolute Gasteiger partial charge is 0.209 e. The molecule has 1 atom stereocenters. The Labute approximate surface area is 74.9 Å². The minimum absolute atomic E-state index is 0.564. The minimum Gasteiger partial charge on any atom is -0.342 e. The van der Waals surface area contributed by atoms with Crippen molar-refractivity contribution in [2.24, 2.45) is 0 Å². The van der Waals surface area contributed by atoms with Gasteiger partial charge in [-0.3, -0.25) is 4.79 Å². The summed E-state index contributed by atoms with van der Waals surface area (Å²) in [4.78, 5) is 12.5. The molecule has 0 bridgehead atoms. The van der Waals surface area contributed by atoms with Crippen molar-refractivity contribution in [2.45, 2.75) is 51.5 Å². The Morgan fingerprint density at radius 3 is 3.00 bits per heavy atom. The number of carbonyl (C=O) groups excluding carboxylic acids is 1. The van der Waals surface area contributed by atoms with Gasteiger partial charge in [0.2, 0.25) is 6.41 Å². The van der Waals surface area contributed by atoms with Crippen LogP contribution >= 0.6 is 0 Å². The van der Waals surface area contributed by atoms with Gasteiger partial charge in [0.15, 0.2) is 0 Å². The Kier molecular flexibility index (Phi) is 4.12. The average Bonchev–Trinajstić information content (AvgIpc) is 2.52. The normalized spacial score (nSPS) is 23.1. The molecule has 1 rings (SSSR count). The van der Waals surface area contributed by atoms with E-state index in [4.69, 9.17) is 0 Å². The van der Waals surface area contributed by atoms with Crippen LogP contribution in [0, 0.1) is 0 Å². The number of carbonyl (C=O) groups is 1. The fourth-order valence-corrected chi connectivity index (χ4v) is 1.94. The first-order valence-corrected chi connectivity index (χ1v) is 5.09. The highest BCUT2D eigenvalue weighted by Gasteiger charge is 2.21. The van der Waals surface area contributed by atoms with Crippen LogP contribution < -0.4 is 0 Å². The van der Waals surface area contributed by atoms with E-state index in [0.29, 0.717) is 6.04 Å². The predicted molar refractivity (Wildman–Crippen MR) is 49.9 cm³/mol. The van der Waals surface area contributed by atoms with Gasteiger partial charge < -0.3 is 4.90 Å². The van der Waals surface area contributed by atoms with E-state index in [1.165, 1.54) is 38.5 Å². The third kappa shape index (κ3) is 2.50. The Balaban J connectivity index is 2.17. The van der Waals surface area contributed by atoms with Crippen molar-refractivity contribution in [2.75, 3.05) is 6.54 Å². The summed E-state index contributed by atoms with van der Waals surface area (Å²) in [5, 5.41) is 0. The maximum absolute atomic E-state index is 10.6. The molecule has 1 heterocycles. The molecule has 0 spiro atoms. The Bertz CT molecular complexity index is 136. The number of nitrogens with zero attached hydrogens (tertiary/aromatic N) is 1. The highest BCUT2D eigenvalue weighted by molar-refractivity contribution is 5.48. The Hall–Kier alpha value is -0.530. The largest absolute Gasteiger partial charge is 0.342 e. The van der Waals surface area contributed by atoms with E-state index in [0.717, 1.165) is 13.0 Å². The first-order valence-electron chi connectivity index (χ1n) is 5.09. The highest BCUT2D eigenvalue weighted by Crippen LogP contribution is 2.20. The molecule has 70 valence electrons. The molecule has 1 aliphatic rings. The first-order chi connectivity index (χ1) is 5.88. The molecule has 0 saturated carbocycles. The van der Waals surface area contributed by atoms with E-state index in [-0.39, 0.29) is 0 Å². The van der Waals surface area contributed by atoms with Gasteiger partial charge in [0.25, 0.3) is 0 Å². The summed E-state index contributed by atoms with van der Waals surface area (Å²) in [6, 6.07) is 0.564. The maximum Gasteiger partial charge on any atom is 0.209 e. The van der Waals surface area contributed by atoms with Crippen LogP contribution in [0.4, 0.5) is 0 Å². The van der Waals surface area contributed by atoms with Crippen LogP contribution in [0.5, 0.6) is 0 Å². The summed E-state index contributed by atoms with van der Waals surface area (Å²) in [6.07, 6.45) is 8.52. The van der Waals surface area contributed by atoms with Crippen molar-refractivity contribution < 1.29 is 4.79 Å². The van der Waals surface area contributed by atoms with Crippen LogP contribution in [-0.4, -0.2) is 23.9 Å². The molecule has 1 fully saturated rings.